The molecule has 14 heavy (non-hydrogen) atoms. The molecule has 1 saturated carbocycles. The number of likely N-dealkylation sites (tertiary alicyclic amines) is 1. The Morgan fingerprint density at radius 3 is 2.64 bits per heavy atom. The molecule has 0 radical (unpaired) electrons. The quantitative estimate of drug-likeness (QED) is 0.633. The van der Waals surface area contributed by atoms with Gasteiger partial charge in [-0.05, 0) is 27.2 Å². The first kappa shape index (κ1) is 9.77. The average molecular weight is 199 g/mol. The van der Waals surface area contributed by atoms with Crippen LogP contribution in [0.5, 0.6) is 0 Å². The molecule has 4 heteroatoms. The van der Waals surface area contributed by atoms with Gasteiger partial charge >= 0.3 is 6.09 Å². The lowest BCUT2D eigenvalue weighted by atomic mass is 10.2. The second-order valence-corrected chi connectivity index (χ2v) is 5.37. The van der Waals surface area contributed by atoms with Crippen molar-refractivity contribution in [2.24, 2.45) is 5.92 Å². The number of nitrogens with zero attached hydrogens (tertiary/aromatic N) is 1. The molecule has 0 aromatic carbocycles. The molecule has 1 amide bonds. The van der Waals surface area contributed by atoms with Crippen molar-refractivity contribution >= 4 is 6.09 Å². The monoisotopic (exact) mass is 199 g/mol. The summed E-state index contributed by atoms with van der Waals surface area (Å²) >= 11 is 0. The van der Waals surface area contributed by atoms with Crippen LogP contribution >= 0.6 is 0 Å². The van der Waals surface area contributed by atoms with E-state index in [9.17, 15) is 9.90 Å². The zero-order chi connectivity index (χ0) is 10.6. The van der Waals surface area contributed by atoms with Crippen molar-refractivity contribution in [3.05, 3.63) is 0 Å². The third-order valence-corrected chi connectivity index (χ3v) is 2.76. The minimum atomic E-state index is -0.586. The molecule has 2 fully saturated rings. The van der Waals surface area contributed by atoms with Gasteiger partial charge in [0.25, 0.3) is 0 Å². The molecule has 4 nitrogen and oxygen atoms in total. The summed E-state index contributed by atoms with van der Waals surface area (Å²) in [6.45, 7) is 6.61. The van der Waals surface area contributed by atoms with E-state index in [-0.39, 0.29) is 12.0 Å². The number of carbonyl (C=O) groups excluding carboxylic acids is 1. The normalized spacial score (nSPS) is 35.4. The van der Waals surface area contributed by atoms with E-state index in [2.05, 4.69) is 0 Å². The fourth-order valence-electron chi connectivity index (χ4n) is 1.92. The third kappa shape index (κ3) is 1.71. The minimum Gasteiger partial charge on any atom is -0.444 e. The Labute approximate surface area is 83.8 Å². The summed E-state index contributed by atoms with van der Waals surface area (Å²) in [7, 11) is 0. The van der Waals surface area contributed by atoms with Gasteiger partial charge in [0.1, 0.15) is 5.60 Å². The van der Waals surface area contributed by atoms with Gasteiger partial charge in [0, 0.05) is 12.5 Å². The van der Waals surface area contributed by atoms with Crippen molar-refractivity contribution in [1.82, 2.24) is 4.90 Å². The predicted molar refractivity (Wildman–Crippen MR) is 50.9 cm³/mol. The summed E-state index contributed by atoms with van der Waals surface area (Å²) in [6.07, 6.45) is 0.532. The van der Waals surface area contributed by atoms with Crippen LogP contribution in [0.1, 0.15) is 27.2 Å². The number of hydrogen-bond acceptors (Lipinski definition) is 3. The number of piperidine rings is 1. The molecule has 2 rings (SSSR count). The topological polar surface area (TPSA) is 49.8 Å². The smallest absolute Gasteiger partial charge is 0.410 e. The highest BCUT2D eigenvalue weighted by atomic mass is 16.6. The number of ether oxygens (including phenoxy) is 1. The lowest BCUT2D eigenvalue weighted by Gasteiger charge is -2.25. The maximum Gasteiger partial charge on any atom is 0.410 e. The Balaban J connectivity index is 1.89. The van der Waals surface area contributed by atoms with E-state index in [4.69, 9.17) is 4.74 Å². The molecule has 1 aliphatic heterocycles. The second-order valence-electron chi connectivity index (χ2n) is 5.37. The Morgan fingerprint density at radius 2 is 2.21 bits per heavy atom. The van der Waals surface area contributed by atoms with E-state index < -0.39 is 11.2 Å². The third-order valence-electron chi connectivity index (χ3n) is 2.76. The van der Waals surface area contributed by atoms with Crippen molar-refractivity contribution in [1.29, 1.82) is 0 Å². The van der Waals surface area contributed by atoms with Crippen LogP contribution in [0.3, 0.4) is 0 Å². The summed E-state index contributed by atoms with van der Waals surface area (Å²) in [5.41, 5.74) is -1.04. The van der Waals surface area contributed by atoms with Crippen molar-refractivity contribution < 1.29 is 14.6 Å². The number of β-amino-alcohol motifs (C(OH)–C–C–N with tert-alkyl or cyclic N) is 1. The van der Waals surface area contributed by atoms with Crippen LogP contribution < -0.4 is 0 Å². The number of fused-ring (bicyclic) bond motifs is 1. The largest absolute Gasteiger partial charge is 0.444 e. The Kier molecular flexibility index (Phi) is 1.83. The number of amides is 1. The SMILES string of the molecule is CC(C)(C)OC(=O)N1CC2CC2(O)C1. The van der Waals surface area contributed by atoms with E-state index in [1.165, 1.54) is 0 Å². The maximum atomic E-state index is 11.6. The number of aliphatic hydroxyl groups is 1. The molecule has 1 aliphatic carbocycles. The lowest BCUT2D eigenvalue weighted by molar-refractivity contribution is 0.0219. The standard InChI is InChI=1S/C10H17NO3/c1-9(2,3)14-8(12)11-5-7-4-10(7,13)6-11/h7,13H,4-6H2,1-3H3. The first-order valence-corrected chi connectivity index (χ1v) is 5.00. The highest BCUT2D eigenvalue weighted by molar-refractivity contribution is 5.69. The summed E-state index contributed by atoms with van der Waals surface area (Å²) in [4.78, 5) is 13.2. The summed E-state index contributed by atoms with van der Waals surface area (Å²) in [5, 5.41) is 9.74. The van der Waals surface area contributed by atoms with E-state index in [1.807, 2.05) is 20.8 Å². The minimum absolute atomic E-state index is 0.287. The number of hydrogen-bond donors (Lipinski definition) is 1. The van der Waals surface area contributed by atoms with Gasteiger partial charge in [-0.2, -0.15) is 0 Å². The zero-order valence-electron chi connectivity index (χ0n) is 8.91. The first-order chi connectivity index (χ1) is 6.30. The van der Waals surface area contributed by atoms with Crippen LogP contribution in [-0.4, -0.2) is 40.4 Å². The molecule has 1 N–H and O–H groups in total. The van der Waals surface area contributed by atoms with Gasteiger partial charge in [-0.25, -0.2) is 4.79 Å². The average Bonchev–Trinajstić information content (AvgIpc) is 2.47. The molecule has 2 aliphatic rings. The molecular weight excluding hydrogens is 182 g/mol. The van der Waals surface area contributed by atoms with Crippen LogP contribution in [-0.2, 0) is 4.74 Å². The molecular formula is C10H17NO3. The molecule has 80 valence electrons. The van der Waals surface area contributed by atoms with Crippen LogP contribution in [0.4, 0.5) is 4.79 Å². The van der Waals surface area contributed by atoms with Gasteiger partial charge in [-0.1, -0.05) is 0 Å². The molecule has 0 bridgehead atoms. The molecule has 0 aromatic rings. The number of carbonyl (C=O) groups is 1. The van der Waals surface area contributed by atoms with E-state index in [1.54, 1.807) is 4.90 Å². The Hall–Kier alpha value is -0.770. The highest BCUT2D eigenvalue weighted by Crippen LogP contribution is 2.49. The maximum absolute atomic E-state index is 11.6. The zero-order valence-corrected chi connectivity index (χ0v) is 8.91. The molecule has 1 heterocycles. The van der Waals surface area contributed by atoms with Gasteiger partial charge in [0.15, 0.2) is 0 Å². The summed E-state index contributed by atoms with van der Waals surface area (Å²) in [5.74, 6) is 0.287. The van der Waals surface area contributed by atoms with Crippen LogP contribution in [0, 0.1) is 5.92 Å². The van der Waals surface area contributed by atoms with Gasteiger partial charge < -0.3 is 14.7 Å². The van der Waals surface area contributed by atoms with Crippen molar-refractivity contribution in [2.45, 2.75) is 38.4 Å². The van der Waals surface area contributed by atoms with Gasteiger partial charge in [-0.3, -0.25) is 0 Å². The van der Waals surface area contributed by atoms with E-state index in [0.29, 0.717) is 13.1 Å². The highest BCUT2D eigenvalue weighted by Gasteiger charge is 2.60. The molecule has 1 saturated heterocycles. The van der Waals surface area contributed by atoms with E-state index >= 15 is 0 Å². The van der Waals surface area contributed by atoms with Crippen LogP contribution in [0.15, 0.2) is 0 Å². The number of rotatable bonds is 0. The van der Waals surface area contributed by atoms with Crippen molar-refractivity contribution in [2.75, 3.05) is 13.1 Å². The summed E-state index contributed by atoms with van der Waals surface area (Å²) in [6, 6.07) is 0. The summed E-state index contributed by atoms with van der Waals surface area (Å²) < 4.78 is 5.21. The molecule has 0 aromatic heterocycles. The Morgan fingerprint density at radius 1 is 1.57 bits per heavy atom. The Bertz CT molecular complexity index is 271. The van der Waals surface area contributed by atoms with Gasteiger partial charge in [-0.15, -0.1) is 0 Å². The predicted octanol–water partition coefficient (Wildman–Crippen LogP) is 0.988. The molecule has 2 atom stereocenters. The lowest BCUT2D eigenvalue weighted by Crippen LogP contribution is -2.38. The van der Waals surface area contributed by atoms with Crippen LogP contribution in [0.25, 0.3) is 0 Å². The van der Waals surface area contributed by atoms with Crippen molar-refractivity contribution in [3.63, 3.8) is 0 Å². The van der Waals surface area contributed by atoms with E-state index in [0.717, 1.165) is 6.42 Å². The fraction of sp³-hybridized carbons (Fsp3) is 0.900. The molecule has 0 spiro atoms. The van der Waals surface area contributed by atoms with Gasteiger partial charge in [0.2, 0.25) is 0 Å². The van der Waals surface area contributed by atoms with Crippen LogP contribution in [0.2, 0.25) is 0 Å². The van der Waals surface area contributed by atoms with Gasteiger partial charge in [0.05, 0.1) is 12.1 Å². The first-order valence-electron chi connectivity index (χ1n) is 5.00. The van der Waals surface area contributed by atoms with Crippen molar-refractivity contribution in [3.8, 4) is 0 Å². The second kappa shape index (κ2) is 2.63. The fourth-order valence-corrected chi connectivity index (χ4v) is 1.92. The molecule has 2 unspecified atom stereocenters.